The van der Waals surface area contributed by atoms with E-state index < -0.39 is 0 Å². The summed E-state index contributed by atoms with van der Waals surface area (Å²) in [4.78, 5) is 12.7. The number of fused-ring (bicyclic) bond motifs is 3. The number of hydrogen-bond acceptors (Lipinski definition) is 1. The van der Waals surface area contributed by atoms with Gasteiger partial charge in [-0.05, 0) is 45.8 Å². The fourth-order valence-corrected chi connectivity index (χ4v) is 3.97. The van der Waals surface area contributed by atoms with E-state index in [1.807, 2.05) is 24.3 Å². The van der Waals surface area contributed by atoms with Crippen molar-refractivity contribution in [2.24, 2.45) is 0 Å². The highest BCUT2D eigenvalue weighted by Gasteiger charge is 2.22. The Hall–Kier alpha value is -3.10. The van der Waals surface area contributed by atoms with Crippen molar-refractivity contribution in [3.8, 4) is 22.3 Å². The van der Waals surface area contributed by atoms with Gasteiger partial charge in [0.15, 0.2) is 0 Å². The molecule has 0 fully saturated rings. The van der Waals surface area contributed by atoms with E-state index in [0.29, 0.717) is 10.6 Å². The Balaban J connectivity index is 1.65. The lowest BCUT2D eigenvalue weighted by atomic mass is 10.0. The number of amides is 1. The number of hydrogen-bond donors (Lipinski definition) is 1. The molecule has 1 aliphatic carbocycles. The van der Waals surface area contributed by atoms with Crippen molar-refractivity contribution in [1.29, 1.82) is 0 Å². The molecule has 5 rings (SSSR count). The van der Waals surface area contributed by atoms with Crippen LogP contribution in [0.15, 0.2) is 78.9 Å². The Labute approximate surface area is 156 Å². The summed E-state index contributed by atoms with van der Waals surface area (Å²) in [5, 5.41) is 5.70. The SMILES string of the molecule is O=C(Nc1ccc2c3c(cccc13)-c1ccccc1-2)c1ccccc1Cl. The van der Waals surface area contributed by atoms with Crippen LogP contribution in [-0.2, 0) is 0 Å². The molecular formula is C23H14ClNO. The largest absolute Gasteiger partial charge is 0.321 e. The number of nitrogens with one attached hydrogen (secondary N) is 1. The smallest absolute Gasteiger partial charge is 0.257 e. The van der Waals surface area contributed by atoms with E-state index in [1.54, 1.807) is 12.1 Å². The van der Waals surface area contributed by atoms with Crippen LogP contribution in [0.4, 0.5) is 5.69 Å². The van der Waals surface area contributed by atoms with Gasteiger partial charge in [-0.25, -0.2) is 0 Å². The molecule has 3 heteroatoms. The molecule has 0 atom stereocenters. The topological polar surface area (TPSA) is 29.1 Å². The molecule has 1 N–H and O–H groups in total. The summed E-state index contributed by atoms with van der Waals surface area (Å²) < 4.78 is 0. The van der Waals surface area contributed by atoms with E-state index in [9.17, 15) is 4.79 Å². The highest BCUT2D eigenvalue weighted by Crippen LogP contribution is 2.48. The molecule has 0 saturated carbocycles. The highest BCUT2D eigenvalue weighted by molar-refractivity contribution is 6.34. The Morgan fingerprint density at radius 1 is 0.692 bits per heavy atom. The molecule has 4 aromatic rings. The molecule has 0 unspecified atom stereocenters. The van der Waals surface area contributed by atoms with Gasteiger partial charge in [-0.15, -0.1) is 0 Å². The monoisotopic (exact) mass is 355 g/mol. The molecule has 0 heterocycles. The minimum absolute atomic E-state index is 0.202. The van der Waals surface area contributed by atoms with E-state index in [-0.39, 0.29) is 5.91 Å². The van der Waals surface area contributed by atoms with E-state index in [4.69, 9.17) is 11.6 Å². The first kappa shape index (κ1) is 15.2. The zero-order valence-electron chi connectivity index (χ0n) is 13.8. The number of rotatable bonds is 2. The zero-order chi connectivity index (χ0) is 17.7. The fourth-order valence-electron chi connectivity index (χ4n) is 3.75. The Morgan fingerprint density at radius 3 is 2.12 bits per heavy atom. The lowest BCUT2D eigenvalue weighted by Gasteiger charge is -2.11. The molecule has 0 bridgehead atoms. The van der Waals surface area contributed by atoms with Crippen molar-refractivity contribution >= 4 is 34.0 Å². The maximum absolute atomic E-state index is 12.7. The van der Waals surface area contributed by atoms with Gasteiger partial charge in [0.1, 0.15) is 0 Å². The molecule has 2 nitrogen and oxygen atoms in total. The van der Waals surface area contributed by atoms with Crippen molar-refractivity contribution in [3.63, 3.8) is 0 Å². The molecule has 0 radical (unpaired) electrons. The average Bonchev–Trinajstić information content (AvgIpc) is 3.00. The third-order valence-electron chi connectivity index (χ3n) is 4.91. The molecule has 124 valence electrons. The summed E-state index contributed by atoms with van der Waals surface area (Å²) in [5.41, 5.74) is 6.17. The highest BCUT2D eigenvalue weighted by atomic mass is 35.5. The predicted molar refractivity (Wildman–Crippen MR) is 108 cm³/mol. The molecule has 0 aromatic heterocycles. The standard InChI is InChI=1S/C23H14ClNO/c24-20-11-4-3-8-18(20)23(26)25-21-13-12-17-15-7-2-1-6-14(15)16-9-5-10-19(21)22(16)17/h1-13H,(H,25,26). The fraction of sp³-hybridized carbons (Fsp3) is 0. The van der Waals surface area contributed by atoms with Gasteiger partial charge < -0.3 is 5.32 Å². The van der Waals surface area contributed by atoms with Crippen molar-refractivity contribution in [1.82, 2.24) is 0 Å². The van der Waals surface area contributed by atoms with Crippen LogP contribution in [0.1, 0.15) is 10.4 Å². The van der Waals surface area contributed by atoms with Crippen molar-refractivity contribution < 1.29 is 4.79 Å². The van der Waals surface area contributed by atoms with E-state index in [0.717, 1.165) is 11.1 Å². The molecule has 4 aromatic carbocycles. The molecular weight excluding hydrogens is 342 g/mol. The summed E-state index contributed by atoms with van der Waals surface area (Å²) in [6.07, 6.45) is 0. The molecule has 0 aliphatic heterocycles. The summed E-state index contributed by atoms with van der Waals surface area (Å²) >= 11 is 6.16. The first-order valence-electron chi connectivity index (χ1n) is 8.45. The molecule has 26 heavy (non-hydrogen) atoms. The van der Waals surface area contributed by atoms with Gasteiger partial charge in [0, 0.05) is 11.1 Å². The molecule has 1 aliphatic rings. The van der Waals surface area contributed by atoms with Crippen LogP contribution < -0.4 is 5.32 Å². The molecule has 0 saturated heterocycles. The van der Waals surface area contributed by atoms with Crippen molar-refractivity contribution in [2.75, 3.05) is 5.32 Å². The van der Waals surface area contributed by atoms with E-state index in [2.05, 4.69) is 47.8 Å². The Bertz CT molecular complexity index is 1170. The van der Waals surface area contributed by atoms with Gasteiger partial charge >= 0.3 is 0 Å². The number of carbonyl (C=O) groups is 1. The van der Waals surface area contributed by atoms with Crippen molar-refractivity contribution in [2.45, 2.75) is 0 Å². The first-order chi connectivity index (χ1) is 12.7. The Kier molecular flexibility index (Phi) is 3.34. The van der Waals surface area contributed by atoms with E-state index >= 15 is 0 Å². The van der Waals surface area contributed by atoms with Crippen LogP contribution in [0.25, 0.3) is 33.0 Å². The van der Waals surface area contributed by atoms with Crippen molar-refractivity contribution in [3.05, 3.63) is 89.4 Å². The maximum Gasteiger partial charge on any atom is 0.257 e. The zero-order valence-corrected chi connectivity index (χ0v) is 14.5. The summed E-state index contributed by atoms with van der Waals surface area (Å²) in [5.74, 6) is -0.202. The molecule has 0 spiro atoms. The number of carbonyl (C=O) groups excluding carboxylic acids is 1. The quantitative estimate of drug-likeness (QED) is 0.390. The van der Waals surface area contributed by atoms with Gasteiger partial charge in [0.25, 0.3) is 5.91 Å². The number of benzene rings is 4. The summed E-state index contributed by atoms with van der Waals surface area (Å²) in [6.45, 7) is 0. The van der Waals surface area contributed by atoms with Crippen LogP contribution in [0.3, 0.4) is 0 Å². The second kappa shape index (κ2) is 5.72. The van der Waals surface area contributed by atoms with E-state index in [1.165, 1.54) is 27.6 Å². The normalized spacial score (nSPS) is 11.4. The third-order valence-corrected chi connectivity index (χ3v) is 5.24. The first-order valence-corrected chi connectivity index (χ1v) is 8.83. The lowest BCUT2D eigenvalue weighted by Crippen LogP contribution is -2.12. The minimum atomic E-state index is -0.202. The second-order valence-electron chi connectivity index (χ2n) is 6.37. The van der Waals surface area contributed by atoms with Gasteiger partial charge in [0.05, 0.1) is 10.6 Å². The Morgan fingerprint density at radius 2 is 1.35 bits per heavy atom. The predicted octanol–water partition coefficient (Wildman–Crippen LogP) is 6.39. The van der Waals surface area contributed by atoms with Crippen LogP contribution in [0.2, 0.25) is 5.02 Å². The number of halogens is 1. The van der Waals surface area contributed by atoms with Gasteiger partial charge in [-0.1, -0.05) is 72.3 Å². The molecule has 1 amide bonds. The third kappa shape index (κ3) is 2.16. The van der Waals surface area contributed by atoms with Crippen LogP contribution in [0, 0.1) is 0 Å². The number of anilines is 1. The van der Waals surface area contributed by atoms with Gasteiger partial charge in [0.2, 0.25) is 0 Å². The maximum atomic E-state index is 12.7. The lowest BCUT2D eigenvalue weighted by molar-refractivity contribution is 0.102. The van der Waals surface area contributed by atoms with Crippen LogP contribution >= 0.6 is 11.6 Å². The minimum Gasteiger partial charge on any atom is -0.321 e. The van der Waals surface area contributed by atoms with Crippen LogP contribution in [0.5, 0.6) is 0 Å². The second-order valence-corrected chi connectivity index (χ2v) is 6.78. The summed E-state index contributed by atoms with van der Waals surface area (Å²) in [6, 6.07) is 25.8. The van der Waals surface area contributed by atoms with Crippen LogP contribution in [-0.4, -0.2) is 5.91 Å². The average molecular weight is 356 g/mol. The summed E-state index contributed by atoms with van der Waals surface area (Å²) in [7, 11) is 0. The van der Waals surface area contributed by atoms with Gasteiger partial charge in [-0.3, -0.25) is 4.79 Å². The van der Waals surface area contributed by atoms with Gasteiger partial charge in [-0.2, -0.15) is 0 Å².